The Kier molecular flexibility index (Phi) is 5.94. The van der Waals surface area contributed by atoms with Gasteiger partial charge < -0.3 is 5.32 Å². The highest BCUT2D eigenvalue weighted by Gasteiger charge is 2.32. The molecule has 0 saturated carbocycles. The Morgan fingerprint density at radius 1 is 1.07 bits per heavy atom. The molecule has 1 N–H and O–H groups in total. The van der Waals surface area contributed by atoms with Crippen molar-refractivity contribution in [3.05, 3.63) is 82.1 Å². The van der Waals surface area contributed by atoms with E-state index in [-0.39, 0.29) is 17.3 Å². The molecule has 158 valence electrons. The van der Waals surface area contributed by atoms with Crippen molar-refractivity contribution in [3.63, 3.8) is 0 Å². The van der Waals surface area contributed by atoms with Crippen LogP contribution in [-0.2, 0) is 11.6 Å². The zero-order chi connectivity index (χ0) is 22.1. The van der Waals surface area contributed by atoms with Crippen LogP contribution < -0.4 is 5.32 Å². The molecule has 4 nitrogen and oxygen atoms in total. The van der Waals surface area contributed by atoms with Gasteiger partial charge >= 0.3 is 6.18 Å². The second kappa shape index (κ2) is 8.14. The van der Waals surface area contributed by atoms with Crippen LogP contribution in [0.2, 0.25) is 5.15 Å². The van der Waals surface area contributed by atoms with E-state index in [0.29, 0.717) is 16.9 Å². The molecule has 0 aliphatic rings. The number of rotatable bonds is 5. The molecule has 8 heteroatoms. The van der Waals surface area contributed by atoms with Crippen molar-refractivity contribution < 1.29 is 18.0 Å². The second-order valence-electron chi connectivity index (χ2n) is 7.64. The number of hydrogen-bond donors (Lipinski definition) is 1. The van der Waals surface area contributed by atoms with Crippen LogP contribution in [0.15, 0.2) is 54.6 Å². The van der Waals surface area contributed by atoms with Crippen molar-refractivity contribution in [2.45, 2.75) is 32.4 Å². The van der Waals surface area contributed by atoms with Gasteiger partial charge in [0.25, 0.3) is 5.91 Å². The van der Waals surface area contributed by atoms with Crippen LogP contribution in [0.1, 0.15) is 41.0 Å². The lowest BCUT2D eigenvalue weighted by molar-refractivity contribution is -0.137. The minimum atomic E-state index is -4.42. The number of alkyl halides is 3. The predicted octanol–water partition coefficient (Wildman–Crippen LogP) is 5.56. The zero-order valence-corrected chi connectivity index (χ0v) is 17.5. The molecular weight excluding hydrogens is 415 g/mol. The molecule has 0 aliphatic heterocycles. The highest BCUT2D eigenvalue weighted by molar-refractivity contribution is 6.33. The van der Waals surface area contributed by atoms with E-state index >= 15 is 0 Å². The van der Waals surface area contributed by atoms with Crippen molar-refractivity contribution in [2.75, 3.05) is 6.54 Å². The van der Waals surface area contributed by atoms with E-state index in [4.69, 9.17) is 11.6 Å². The van der Waals surface area contributed by atoms with Gasteiger partial charge in [0.05, 0.1) is 22.5 Å². The SMILES string of the molecule is Cc1nn(-c2ccccc2)c(Cl)c1C(=O)NCC(C)(C)c1cccc(C(F)(F)F)c1. The number of aromatic nitrogens is 2. The van der Waals surface area contributed by atoms with Gasteiger partial charge in [-0.1, -0.05) is 61.8 Å². The summed E-state index contributed by atoms with van der Waals surface area (Å²) in [6.45, 7) is 5.34. The molecule has 2 aromatic carbocycles. The molecule has 1 aromatic heterocycles. The van der Waals surface area contributed by atoms with Gasteiger partial charge in [-0.2, -0.15) is 18.3 Å². The fourth-order valence-electron chi connectivity index (χ4n) is 3.11. The van der Waals surface area contributed by atoms with Crippen LogP contribution in [0, 0.1) is 6.92 Å². The molecule has 1 amide bonds. The molecule has 0 bridgehead atoms. The van der Waals surface area contributed by atoms with Gasteiger partial charge in [-0.3, -0.25) is 4.79 Å². The summed E-state index contributed by atoms with van der Waals surface area (Å²) < 4.78 is 40.6. The third-order valence-electron chi connectivity index (χ3n) is 4.89. The molecule has 3 rings (SSSR count). The fourth-order valence-corrected chi connectivity index (χ4v) is 3.46. The lowest BCUT2D eigenvalue weighted by atomic mass is 9.83. The summed E-state index contributed by atoms with van der Waals surface area (Å²) in [5.41, 5.74) is 0.433. The maximum absolute atomic E-state index is 13.0. The van der Waals surface area contributed by atoms with Gasteiger partial charge in [0.2, 0.25) is 0 Å². The van der Waals surface area contributed by atoms with Gasteiger partial charge in [-0.25, -0.2) is 4.68 Å². The van der Waals surface area contributed by atoms with E-state index in [1.165, 1.54) is 10.7 Å². The summed E-state index contributed by atoms with van der Waals surface area (Å²) in [6.07, 6.45) is -4.42. The van der Waals surface area contributed by atoms with Crippen LogP contribution in [0.3, 0.4) is 0 Å². The van der Waals surface area contributed by atoms with Crippen molar-refractivity contribution in [2.24, 2.45) is 0 Å². The molecule has 0 spiro atoms. The second-order valence-corrected chi connectivity index (χ2v) is 8.00. The molecule has 0 unspecified atom stereocenters. The topological polar surface area (TPSA) is 46.9 Å². The third kappa shape index (κ3) is 4.51. The molecule has 0 radical (unpaired) electrons. The normalized spacial score (nSPS) is 12.1. The Balaban J connectivity index is 1.80. The van der Waals surface area contributed by atoms with Crippen molar-refractivity contribution in [1.29, 1.82) is 0 Å². The van der Waals surface area contributed by atoms with Crippen LogP contribution >= 0.6 is 11.6 Å². The number of nitrogens with zero attached hydrogens (tertiary/aromatic N) is 2. The first kappa shape index (κ1) is 21.9. The first-order valence-electron chi connectivity index (χ1n) is 9.27. The molecule has 3 aromatic rings. The average Bonchev–Trinajstić information content (AvgIpc) is 3.00. The minimum absolute atomic E-state index is 0.124. The molecule has 0 saturated heterocycles. The minimum Gasteiger partial charge on any atom is -0.351 e. The number of hydrogen-bond acceptors (Lipinski definition) is 2. The lowest BCUT2D eigenvalue weighted by Gasteiger charge is -2.26. The van der Waals surface area contributed by atoms with E-state index in [1.54, 1.807) is 26.8 Å². The van der Waals surface area contributed by atoms with Gasteiger partial charge in [0, 0.05) is 12.0 Å². The molecule has 30 heavy (non-hydrogen) atoms. The average molecular weight is 436 g/mol. The van der Waals surface area contributed by atoms with Crippen LogP contribution in [0.25, 0.3) is 5.69 Å². The largest absolute Gasteiger partial charge is 0.416 e. The van der Waals surface area contributed by atoms with Gasteiger partial charge in [-0.05, 0) is 30.7 Å². The van der Waals surface area contributed by atoms with Crippen LogP contribution in [0.4, 0.5) is 13.2 Å². The summed E-state index contributed by atoms with van der Waals surface area (Å²) in [4.78, 5) is 12.8. The Morgan fingerprint density at radius 2 is 1.70 bits per heavy atom. The zero-order valence-electron chi connectivity index (χ0n) is 16.7. The summed E-state index contributed by atoms with van der Waals surface area (Å²) in [5.74, 6) is -0.431. The van der Waals surface area contributed by atoms with Gasteiger partial charge in [0.15, 0.2) is 0 Å². The predicted molar refractivity (Wildman–Crippen MR) is 110 cm³/mol. The number of carbonyl (C=O) groups is 1. The quantitative estimate of drug-likeness (QED) is 0.570. The maximum Gasteiger partial charge on any atom is 0.416 e. The summed E-state index contributed by atoms with van der Waals surface area (Å²) >= 11 is 6.41. The Morgan fingerprint density at radius 3 is 2.33 bits per heavy atom. The highest BCUT2D eigenvalue weighted by atomic mass is 35.5. The standard InChI is InChI=1S/C22H21ClF3N3O/c1-14-18(19(23)29(28-14)17-10-5-4-6-11-17)20(30)27-13-21(2,3)15-8-7-9-16(12-15)22(24,25)26/h4-12H,13H2,1-3H3,(H,27,30). The summed E-state index contributed by atoms with van der Waals surface area (Å²) in [6, 6.07) is 14.3. The number of benzene rings is 2. The number of nitrogens with one attached hydrogen (secondary N) is 1. The number of amides is 1. The van der Waals surface area contributed by atoms with E-state index in [2.05, 4.69) is 10.4 Å². The summed E-state index contributed by atoms with van der Waals surface area (Å²) in [5, 5.41) is 7.30. The van der Waals surface area contributed by atoms with E-state index in [9.17, 15) is 18.0 Å². The van der Waals surface area contributed by atoms with E-state index in [1.807, 2.05) is 30.3 Å². The molecule has 1 heterocycles. The van der Waals surface area contributed by atoms with Gasteiger partial charge in [0.1, 0.15) is 5.15 Å². The number of aryl methyl sites for hydroxylation is 1. The Hall–Kier alpha value is -2.80. The molecule has 0 aliphatic carbocycles. The molecule has 0 fully saturated rings. The Bertz CT molecular complexity index is 1060. The number of halogens is 4. The van der Waals surface area contributed by atoms with Crippen LogP contribution in [0.5, 0.6) is 0 Å². The van der Waals surface area contributed by atoms with Crippen molar-refractivity contribution in [3.8, 4) is 5.69 Å². The first-order valence-corrected chi connectivity index (χ1v) is 9.65. The van der Waals surface area contributed by atoms with Crippen molar-refractivity contribution in [1.82, 2.24) is 15.1 Å². The van der Waals surface area contributed by atoms with Crippen LogP contribution in [-0.4, -0.2) is 22.2 Å². The number of carbonyl (C=O) groups excluding carboxylic acids is 1. The lowest BCUT2D eigenvalue weighted by Crippen LogP contribution is -2.37. The van der Waals surface area contributed by atoms with E-state index in [0.717, 1.165) is 12.1 Å². The fraction of sp³-hybridized carbons (Fsp3) is 0.273. The van der Waals surface area contributed by atoms with E-state index < -0.39 is 23.1 Å². The molecular formula is C22H21ClF3N3O. The molecule has 0 atom stereocenters. The highest BCUT2D eigenvalue weighted by Crippen LogP contribution is 2.32. The monoisotopic (exact) mass is 435 g/mol. The maximum atomic E-state index is 13.0. The smallest absolute Gasteiger partial charge is 0.351 e. The van der Waals surface area contributed by atoms with Crippen molar-refractivity contribution >= 4 is 17.5 Å². The first-order chi connectivity index (χ1) is 14.0. The Labute approximate surface area is 177 Å². The summed E-state index contributed by atoms with van der Waals surface area (Å²) in [7, 11) is 0. The number of para-hydroxylation sites is 1. The third-order valence-corrected chi connectivity index (χ3v) is 5.24. The van der Waals surface area contributed by atoms with Gasteiger partial charge in [-0.15, -0.1) is 0 Å².